The molecule has 0 aliphatic carbocycles. The van der Waals surface area contributed by atoms with Gasteiger partial charge in [0.25, 0.3) is 5.56 Å². The fourth-order valence-corrected chi connectivity index (χ4v) is 1.90. The second kappa shape index (κ2) is 7.38. The van der Waals surface area contributed by atoms with Crippen molar-refractivity contribution in [1.29, 1.82) is 0 Å². The van der Waals surface area contributed by atoms with Crippen LogP contribution in [0.1, 0.15) is 13.3 Å². The van der Waals surface area contributed by atoms with E-state index < -0.39 is 0 Å². The zero-order valence-electron chi connectivity index (χ0n) is 11.6. The largest absolute Gasteiger partial charge is 0.494 e. The molecule has 1 aromatic heterocycles. The number of hydrogen-bond acceptors (Lipinski definition) is 3. The minimum absolute atomic E-state index is 0.0888. The summed E-state index contributed by atoms with van der Waals surface area (Å²) in [5.41, 5.74) is -0.0888. The number of para-hydroxylation sites is 1. The molecule has 106 valence electrons. The summed E-state index contributed by atoms with van der Waals surface area (Å²) in [5.74, 6) is 1.25. The number of aromatic nitrogens is 1. The Labute approximate surface area is 118 Å². The van der Waals surface area contributed by atoms with E-state index in [0.717, 1.165) is 12.2 Å². The lowest BCUT2D eigenvalue weighted by Crippen LogP contribution is -2.22. The Morgan fingerprint density at radius 2 is 1.85 bits per heavy atom. The molecule has 20 heavy (non-hydrogen) atoms. The SMILES string of the molecule is CCOc1cccn(CCCOc2ccccc2)c1=O. The fraction of sp³-hybridized carbons (Fsp3) is 0.312. The van der Waals surface area contributed by atoms with Crippen molar-refractivity contribution in [2.45, 2.75) is 19.9 Å². The van der Waals surface area contributed by atoms with Crippen LogP contribution in [0.15, 0.2) is 53.5 Å². The molecule has 0 amide bonds. The van der Waals surface area contributed by atoms with Crippen molar-refractivity contribution in [3.63, 3.8) is 0 Å². The maximum atomic E-state index is 12.0. The molecule has 0 atom stereocenters. The van der Waals surface area contributed by atoms with Crippen molar-refractivity contribution in [2.75, 3.05) is 13.2 Å². The number of hydrogen-bond donors (Lipinski definition) is 0. The van der Waals surface area contributed by atoms with Gasteiger partial charge in [-0.3, -0.25) is 4.79 Å². The summed E-state index contributed by atoms with van der Waals surface area (Å²) in [6, 6.07) is 13.2. The van der Waals surface area contributed by atoms with Gasteiger partial charge in [-0.2, -0.15) is 0 Å². The predicted molar refractivity (Wildman–Crippen MR) is 78.4 cm³/mol. The zero-order valence-corrected chi connectivity index (χ0v) is 11.6. The van der Waals surface area contributed by atoms with E-state index in [4.69, 9.17) is 9.47 Å². The molecule has 4 heteroatoms. The highest BCUT2D eigenvalue weighted by Crippen LogP contribution is 2.08. The Hall–Kier alpha value is -2.23. The molecule has 0 saturated heterocycles. The molecule has 1 heterocycles. The summed E-state index contributed by atoms with van der Waals surface area (Å²) in [7, 11) is 0. The van der Waals surface area contributed by atoms with Gasteiger partial charge in [0, 0.05) is 12.7 Å². The Morgan fingerprint density at radius 3 is 2.60 bits per heavy atom. The third kappa shape index (κ3) is 3.88. The Bertz CT molecular complexity index is 578. The molecule has 4 nitrogen and oxygen atoms in total. The highest BCUT2D eigenvalue weighted by atomic mass is 16.5. The van der Waals surface area contributed by atoms with Crippen molar-refractivity contribution in [3.05, 3.63) is 59.0 Å². The van der Waals surface area contributed by atoms with Crippen LogP contribution in [-0.2, 0) is 6.54 Å². The Balaban J connectivity index is 1.85. The zero-order chi connectivity index (χ0) is 14.2. The van der Waals surface area contributed by atoms with E-state index in [0.29, 0.717) is 25.5 Å². The lowest BCUT2D eigenvalue weighted by atomic mass is 10.3. The van der Waals surface area contributed by atoms with Gasteiger partial charge in [-0.1, -0.05) is 18.2 Å². The maximum absolute atomic E-state index is 12.0. The molecule has 0 N–H and O–H groups in total. The quantitative estimate of drug-likeness (QED) is 0.728. The van der Waals surface area contributed by atoms with E-state index in [9.17, 15) is 4.79 Å². The van der Waals surface area contributed by atoms with Gasteiger partial charge in [0.05, 0.1) is 13.2 Å². The number of rotatable bonds is 7. The van der Waals surface area contributed by atoms with Crippen LogP contribution >= 0.6 is 0 Å². The van der Waals surface area contributed by atoms with Gasteiger partial charge in [0.2, 0.25) is 0 Å². The number of pyridine rings is 1. The van der Waals surface area contributed by atoms with Crippen molar-refractivity contribution in [1.82, 2.24) is 4.57 Å². The van der Waals surface area contributed by atoms with E-state index in [1.807, 2.05) is 43.3 Å². The van der Waals surface area contributed by atoms with Gasteiger partial charge >= 0.3 is 0 Å². The Kier molecular flexibility index (Phi) is 5.24. The average molecular weight is 273 g/mol. The van der Waals surface area contributed by atoms with Crippen LogP contribution in [0.5, 0.6) is 11.5 Å². The third-order valence-electron chi connectivity index (χ3n) is 2.84. The summed E-state index contributed by atoms with van der Waals surface area (Å²) in [4.78, 5) is 12.0. The van der Waals surface area contributed by atoms with Crippen molar-refractivity contribution >= 4 is 0 Å². The molecule has 1 aromatic carbocycles. The molecule has 0 saturated carbocycles. The number of ether oxygens (including phenoxy) is 2. The van der Waals surface area contributed by atoms with Crippen LogP contribution in [0.2, 0.25) is 0 Å². The van der Waals surface area contributed by atoms with Crippen LogP contribution in [0.25, 0.3) is 0 Å². The first-order valence-corrected chi connectivity index (χ1v) is 6.81. The molecular formula is C16H19NO3. The van der Waals surface area contributed by atoms with Gasteiger partial charge in [-0.25, -0.2) is 0 Å². The molecular weight excluding hydrogens is 254 g/mol. The maximum Gasteiger partial charge on any atom is 0.292 e. The van der Waals surface area contributed by atoms with Crippen molar-refractivity contribution in [3.8, 4) is 11.5 Å². The molecule has 0 radical (unpaired) electrons. The average Bonchev–Trinajstić information content (AvgIpc) is 2.48. The van der Waals surface area contributed by atoms with E-state index >= 15 is 0 Å². The summed E-state index contributed by atoms with van der Waals surface area (Å²) >= 11 is 0. The smallest absolute Gasteiger partial charge is 0.292 e. The van der Waals surface area contributed by atoms with Crippen LogP contribution in [0, 0.1) is 0 Å². The first-order valence-electron chi connectivity index (χ1n) is 6.81. The number of aryl methyl sites for hydroxylation is 1. The third-order valence-corrected chi connectivity index (χ3v) is 2.84. The fourth-order valence-electron chi connectivity index (χ4n) is 1.90. The summed E-state index contributed by atoms with van der Waals surface area (Å²) in [5, 5.41) is 0. The van der Waals surface area contributed by atoms with E-state index in [1.165, 1.54) is 0 Å². The van der Waals surface area contributed by atoms with Crippen LogP contribution in [0.3, 0.4) is 0 Å². The Morgan fingerprint density at radius 1 is 1.05 bits per heavy atom. The van der Waals surface area contributed by atoms with E-state index in [2.05, 4.69) is 0 Å². The molecule has 0 spiro atoms. The minimum Gasteiger partial charge on any atom is -0.494 e. The van der Waals surface area contributed by atoms with Gasteiger partial charge in [0.15, 0.2) is 5.75 Å². The van der Waals surface area contributed by atoms with E-state index in [1.54, 1.807) is 16.8 Å². The summed E-state index contributed by atoms with van der Waals surface area (Å²) in [6.07, 6.45) is 2.54. The van der Waals surface area contributed by atoms with Gasteiger partial charge in [-0.15, -0.1) is 0 Å². The van der Waals surface area contributed by atoms with Crippen LogP contribution < -0.4 is 15.0 Å². The second-order valence-corrected chi connectivity index (χ2v) is 4.32. The molecule has 0 aliphatic rings. The predicted octanol–water partition coefficient (Wildman–Crippen LogP) is 2.72. The lowest BCUT2D eigenvalue weighted by Gasteiger charge is -2.09. The first kappa shape index (κ1) is 14.2. The topological polar surface area (TPSA) is 40.5 Å². The summed E-state index contributed by atoms with van der Waals surface area (Å²) in [6.45, 7) is 3.56. The minimum atomic E-state index is -0.0888. The highest BCUT2D eigenvalue weighted by molar-refractivity contribution is 5.20. The van der Waals surface area contributed by atoms with Gasteiger partial charge < -0.3 is 14.0 Å². The molecule has 2 aromatic rings. The number of nitrogens with zero attached hydrogens (tertiary/aromatic N) is 1. The van der Waals surface area contributed by atoms with E-state index in [-0.39, 0.29) is 5.56 Å². The normalized spacial score (nSPS) is 10.2. The highest BCUT2D eigenvalue weighted by Gasteiger charge is 2.03. The molecule has 0 unspecified atom stereocenters. The van der Waals surface area contributed by atoms with Crippen molar-refractivity contribution in [2.24, 2.45) is 0 Å². The van der Waals surface area contributed by atoms with Crippen molar-refractivity contribution < 1.29 is 9.47 Å². The molecule has 0 aliphatic heterocycles. The standard InChI is InChI=1S/C16H19NO3/c1-2-19-15-10-6-11-17(16(15)18)12-7-13-20-14-8-4-3-5-9-14/h3-6,8-11H,2,7,12-13H2,1H3. The molecule has 0 fully saturated rings. The van der Waals surface area contributed by atoms with Gasteiger partial charge in [-0.05, 0) is 37.6 Å². The second-order valence-electron chi connectivity index (χ2n) is 4.32. The molecule has 0 bridgehead atoms. The van der Waals surface area contributed by atoms with Gasteiger partial charge in [0.1, 0.15) is 5.75 Å². The van der Waals surface area contributed by atoms with Crippen LogP contribution in [0.4, 0.5) is 0 Å². The first-order chi connectivity index (χ1) is 9.81. The lowest BCUT2D eigenvalue weighted by molar-refractivity contribution is 0.298. The number of benzene rings is 1. The van der Waals surface area contributed by atoms with Crippen LogP contribution in [-0.4, -0.2) is 17.8 Å². The summed E-state index contributed by atoms with van der Waals surface area (Å²) < 4.78 is 12.5. The monoisotopic (exact) mass is 273 g/mol. The molecule has 2 rings (SSSR count).